The van der Waals surface area contributed by atoms with E-state index in [1.807, 2.05) is 4.90 Å². The molecule has 1 aliphatic carbocycles. The van der Waals surface area contributed by atoms with Crippen LogP contribution in [0.2, 0.25) is 0 Å². The summed E-state index contributed by atoms with van der Waals surface area (Å²) in [6.07, 6.45) is 4.59. The summed E-state index contributed by atoms with van der Waals surface area (Å²) in [7, 11) is 0. The molecule has 1 amide bonds. The van der Waals surface area contributed by atoms with Crippen molar-refractivity contribution < 1.29 is 4.79 Å². The average molecular weight is 212 g/mol. The normalized spacial score (nSPS) is 15.7. The number of hydrogen-bond acceptors (Lipinski definition) is 2. The van der Waals surface area contributed by atoms with Crippen LogP contribution in [0.3, 0.4) is 0 Å². The largest absolute Gasteiger partial charge is 0.339 e. The molecule has 0 atom stereocenters. The minimum atomic E-state index is 0.270. The van der Waals surface area contributed by atoms with Crippen molar-refractivity contribution >= 4 is 5.91 Å². The molecule has 0 aliphatic heterocycles. The average Bonchev–Trinajstić information content (AvgIpc) is 3.05. The lowest BCUT2D eigenvalue weighted by Crippen LogP contribution is -2.42. The van der Waals surface area contributed by atoms with E-state index in [0.29, 0.717) is 18.6 Å². The van der Waals surface area contributed by atoms with Gasteiger partial charge in [-0.05, 0) is 32.6 Å². The van der Waals surface area contributed by atoms with Crippen LogP contribution in [0.25, 0.3) is 0 Å². The monoisotopic (exact) mass is 212 g/mol. The molecule has 0 spiro atoms. The van der Waals surface area contributed by atoms with E-state index in [-0.39, 0.29) is 5.91 Å². The number of amides is 1. The van der Waals surface area contributed by atoms with Gasteiger partial charge in [-0.2, -0.15) is 0 Å². The highest BCUT2D eigenvalue weighted by Gasteiger charge is 2.30. The van der Waals surface area contributed by atoms with Gasteiger partial charge in [-0.25, -0.2) is 0 Å². The molecule has 0 aromatic heterocycles. The summed E-state index contributed by atoms with van der Waals surface area (Å²) in [5.41, 5.74) is 0. The van der Waals surface area contributed by atoms with Gasteiger partial charge in [0.2, 0.25) is 5.91 Å². The van der Waals surface area contributed by atoms with E-state index in [1.165, 1.54) is 12.8 Å². The highest BCUT2D eigenvalue weighted by atomic mass is 16.2. The Labute approximate surface area is 93.2 Å². The lowest BCUT2D eigenvalue weighted by molar-refractivity contribution is -0.130. The second kappa shape index (κ2) is 6.11. The molecule has 1 rings (SSSR count). The van der Waals surface area contributed by atoms with E-state index in [4.69, 9.17) is 0 Å². The Bertz CT molecular complexity index is 198. The zero-order chi connectivity index (χ0) is 11.3. The quantitative estimate of drug-likeness (QED) is 0.697. The molecule has 88 valence electrons. The van der Waals surface area contributed by atoms with Crippen LogP contribution < -0.4 is 5.32 Å². The minimum absolute atomic E-state index is 0.270. The summed E-state index contributed by atoms with van der Waals surface area (Å²) in [5, 5.41) is 3.33. The van der Waals surface area contributed by atoms with E-state index in [9.17, 15) is 4.79 Å². The molecule has 0 aromatic rings. The predicted molar refractivity (Wildman–Crippen MR) is 62.8 cm³/mol. The third-order valence-electron chi connectivity index (χ3n) is 3.18. The topological polar surface area (TPSA) is 32.3 Å². The van der Waals surface area contributed by atoms with Crippen molar-refractivity contribution in [3.05, 3.63) is 0 Å². The first-order valence-electron chi connectivity index (χ1n) is 6.25. The Balaban J connectivity index is 2.27. The molecule has 0 unspecified atom stereocenters. The summed E-state index contributed by atoms with van der Waals surface area (Å²) in [6, 6.07) is 1.04. The van der Waals surface area contributed by atoms with Crippen LogP contribution >= 0.6 is 0 Å². The maximum absolute atomic E-state index is 11.9. The minimum Gasteiger partial charge on any atom is -0.339 e. The van der Waals surface area contributed by atoms with Crippen LogP contribution in [0.15, 0.2) is 0 Å². The first-order valence-corrected chi connectivity index (χ1v) is 6.25. The molecule has 0 saturated heterocycles. The summed E-state index contributed by atoms with van der Waals surface area (Å²) in [4.78, 5) is 13.9. The molecular weight excluding hydrogens is 188 g/mol. The molecule has 0 heterocycles. The summed E-state index contributed by atoms with van der Waals surface area (Å²) < 4.78 is 0. The number of carbonyl (C=O) groups is 1. The van der Waals surface area contributed by atoms with E-state index in [1.54, 1.807) is 0 Å². The molecule has 1 fully saturated rings. The zero-order valence-corrected chi connectivity index (χ0v) is 10.3. The molecule has 1 N–H and O–H groups in total. The van der Waals surface area contributed by atoms with Crippen molar-refractivity contribution in [3.8, 4) is 0 Å². The van der Waals surface area contributed by atoms with Crippen molar-refractivity contribution in [1.29, 1.82) is 0 Å². The number of likely N-dealkylation sites (N-methyl/N-ethyl adjacent to an activating group) is 1. The highest BCUT2D eigenvalue weighted by Crippen LogP contribution is 2.26. The maximum atomic E-state index is 11.9. The third-order valence-corrected chi connectivity index (χ3v) is 3.18. The highest BCUT2D eigenvalue weighted by molar-refractivity contribution is 5.78. The summed E-state index contributed by atoms with van der Waals surface area (Å²) in [5.74, 6) is 0.270. The van der Waals surface area contributed by atoms with E-state index < -0.39 is 0 Å². The third kappa shape index (κ3) is 3.82. The SMILES string of the molecule is CCC(CC)NCC(=O)N(CC)C1CC1. The summed E-state index contributed by atoms with van der Waals surface area (Å²) in [6.45, 7) is 7.74. The lowest BCUT2D eigenvalue weighted by atomic mass is 10.2. The first-order chi connectivity index (χ1) is 7.22. The van der Waals surface area contributed by atoms with Crippen LogP contribution in [0, 0.1) is 0 Å². The fourth-order valence-electron chi connectivity index (χ4n) is 1.93. The standard InChI is InChI=1S/C12H24N2O/c1-4-10(5-2)13-9-12(15)14(6-3)11-7-8-11/h10-11,13H,4-9H2,1-3H3. The molecule has 0 aromatic carbocycles. The molecule has 3 heteroatoms. The molecular formula is C12H24N2O. The number of hydrogen-bond donors (Lipinski definition) is 1. The second-order valence-electron chi connectivity index (χ2n) is 4.31. The number of nitrogens with zero attached hydrogens (tertiary/aromatic N) is 1. The number of rotatable bonds is 7. The van der Waals surface area contributed by atoms with Crippen LogP contribution in [0.4, 0.5) is 0 Å². The number of nitrogens with one attached hydrogen (secondary N) is 1. The van der Waals surface area contributed by atoms with Crippen LogP contribution in [-0.4, -0.2) is 36.0 Å². The van der Waals surface area contributed by atoms with Gasteiger partial charge in [0.25, 0.3) is 0 Å². The van der Waals surface area contributed by atoms with E-state index in [2.05, 4.69) is 26.1 Å². The Hall–Kier alpha value is -0.570. The first kappa shape index (κ1) is 12.5. The van der Waals surface area contributed by atoms with Crippen LogP contribution in [0.1, 0.15) is 46.5 Å². The fraction of sp³-hybridized carbons (Fsp3) is 0.917. The van der Waals surface area contributed by atoms with Gasteiger partial charge in [0.15, 0.2) is 0 Å². The Morgan fingerprint density at radius 2 is 1.93 bits per heavy atom. The van der Waals surface area contributed by atoms with E-state index in [0.717, 1.165) is 19.4 Å². The van der Waals surface area contributed by atoms with Crippen molar-refractivity contribution in [2.24, 2.45) is 0 Å². The van der Waals surface area contributed by atoms with Crippen molar-refractivity contribution in [2.75, 3.05) is 13.1 Å². The Morgan fingerprint density at radius 1 is 1.33 bits per heavy atom. The van der Waals surface area contributed by atoms with Gasteiger partial charge in [0.05, 0.1) is 6.54 Å². The summed E-state index contributed by atoms with van der Waals surface area (Å²) >= 11 is 0. The Morgan fingerprint density at radius 3 is 2.33 bits per heavy atom. The maximum Gasteiger partial charge on any atom is 0.236 e. The van der Waals surface area contributed by atoms with Gasteiger partial charge >= 0.3 is 0 Å². The van der Waals surface area contributed by atoms with Crippen molar-refractivity contribution in [2.45, 2.75) is 58.5 Å². The van der Waals surface area contributed by atoms with Crippen molar-refractivity contribution in [1.82, 2.24) is 10.2 Å². The Kier molecular flexibility index (Phi) is 5.09. The van der Waals surface area contributed by atoms with Gasteiger partial charge in [-0.1, -0.05) is 13.8 Å². The van der Waals surface area contributed by atoms with Gasteiger partial charge in [-0.15, -0.1) is 0 Å². The predicted octanol–water partition coefficient (Wildman–Crippen LogP) is 1.78. The molecule has 0 radical (unpaired) electrons. The fourth-order valence-corrected chi connectivity index (χ4v) is 1.93. The van der Waals surface area contributed by atoms with Gasteiger partial charge < -0.3 is 10.2 Å². The molecule has 1 saturated carbocycles. The van der Waals surface area contributed by atoms with Crippen LogP contribution in [-0.2, 0) is 4.79 Å². The molecule has 0 bridgehead atoms. The second-order valence-corrected chi connectivity index (χ2v) is 4.31. The van der Waals surface area contributed by atoms with Crippen LogP contribution in [0.5, 0.6) is 0 Å². The molecule has 3 nitrogen and oxygen atoms in total. The molecule has 1 aliphatic rings. The zero-order valence-electron chi connectivity index (χ0n) is 10.3. The molecule has 15 heavy (non-hydrogen) atoms. The van der Waals surface area contributed by atoms with Gasteiger partial charge in [0, 0.05) is 18.6 Å². The smallest absolute Gasteiger partial charge is 0.236 e. The van der Waals surface area contributed by atoms with E-state index >= 15 is 0 Å². The number of carbonyl (C=O) groups excluding carboxylic acids is 1. The van der Waals surface area contributed by atoms with Gasteiger partial charge in [-0.3, -0.25) is 4.79 Å². The van der Waals surface area contributed by atoms with Gasteiger partial charge in [0.1, 0.15) is 0 Å². The van der Waals surface area contributed by atoms with Crippen molar-refractivity contribution in [3.63, 3.8) is 0 Å². The lowest BCUT2D eigenvalue weighted by Gasteiger charge is -2.22.